The molecule has 0 unspecified atom stereocenters. The van der Waals surface area contributed by atoms with Crippen LogP contribution in [0.15, 0.2) is 17.0 Å². The number of carbonyl (C=O) groups is 1. The van der Waals surface area contributed by atoms with Gasteiger partial charge in [-0.15, -0.1) is 0 Å². The molecule has 0 atom stereocenters. The maximum Gasteiger partial charge on any atom is 0.251 e. The molecular weight excluding hydrogens is 259 g/mol. The summed E-state index contributed by atoms with van der Waals surface area (Å²) in [6, 6.07) is 2.23. The quantitative estimate of drug-likeness (QED) is 0.847. The second-order valence-corrected chi connectivity index (χ2v) is 5.90. The molecule has 0 bridgehead atoms. The largest absolute Gasteiger partial charge is 0.349 e. The average molecular weight is 272 g/mol. The highest BCUT2D eigenvalue weighted by Gasteiger charge is 2.25. The van der Waals surface area contributed by atoms with Crippen molar-refractivity contribution >= 4 is 15.9 Å². The topological polar surface area (TPSA) is 89.3 Å². The molecule has 1 amide bonds. The van der Waals surface area contributed by atoms with Gasteiger partial charge in [-0.25, -0.2) is 17.9 Å². The van der Waals surface area contributed by atoms with E-state index in [0.717, 1.165) is 25.0 Å². The van der Waals surface area contributed by atoms with Crippen molar-refractivity contribution in [2.24, 2.45) is 5.14 Å². The Hall–Kier alpha value is -1.47. The summed E-state index contributed by atoms with van der Waals surface area (Å²) in [7, 11) is -4.04. The Kier molecular flexibility index (Phi) is 3.12. The van der Waals surface area contributed by atoms with E-state index in [4.69, 9.17) is 5.14 Å². The predicted molar refractivity (Wildman–Crippen MR) is 63.0 cm³/mol. The molecule has 1 aliphatic carbocycles. The number of amides is 1. The number of benzene rings is 1. The van der Waals surface area contributed by atoms with Crippen LogP contribution in [0.25, 0.3) is 0 Å². The first-order chi connectivity index (χ1) is 8.29. The third-order valence-electron chi connectivity index (χ3n) is 2.78. The molecular formula is C11H13FN2O3S. The van der Waals surface area contributed by atoms with Crippen LogP contribution >= 0.6 is 0 Å². The summed E-state index contributed by atoms with van der Waals surface area (Å²) in [6.07, 6.45) is 1.78. The highest BCUT2D eigenvalue weighted by atomic mass is 32.2. The van der Waals surface area contributed by atoms with Crippen LogP contribution in [0.1, 0.15) is 28.8 Å². The van der Waals surface area contributed by atoms with Crippen molar-refractivity contribution in [3.8, 4) is 0 Å². The molecule has 1 aromatic carbocycles. The molecule has 5 nitrogen and oxygen atoms in total. The Morgan fingerprint density at radius 1 is 1.44 bits per heavy atom. The molecule has 1 saturated carbocycles. The number of sulfonamides is 1. The Morgan fingerprint density at radius 3 is 2.56 bits per heavy atom. The van der Waals surface area contributed by atoms with Gasteiger partial charge in [0.2, 0.25) is 10.0 Å². The summed E-state index contributed by atoms with van der Waals surface area (Å²) in [6.45, 7) is 1.30. The van der Waals surface area contributed by atoms with E-state index < -0.39 is 21.7 Å². The fraction of sp³-hybridized carbons (Fsp3) is 0.364. The second kappa shape index (κ2) is 4.33. The van der Waals surface area contributed by atoms with Crippen LogP contribution in [-0.2, 0) is 10.0 Å². The summed E-state index contributed by atoms with van der Waals surface area (Å²) in [5.74, 6) is -1.25. The van der Waals surface area contributed by atoms with E-state index in [1.807, 2.05) is 0 Å². The Morgan fingerprint density at radius 2 is 2.06 bits per heavy atom. The van der Waals surface area contributed by atoms with Crippen LogP contribution < -0.4 is 10.5 Å². The van der Waals surface area contributed by atoms with Crippen LogP contribution in [0.4, 0.5) is 4.39 Å². The standard InChI is InChI=1S/C11H13FN2O3S/c1-6-9(12)4-7(5-10(6)18(13,16)17)11(15)14-8-2-3-8/h4-5,8H,2-3H2,1H3,(H,14,15)(H2,13,16,17). The highest BCUT2D eigenvalue weighted by molar-refractivity contribution is 7.89. The first-order valence-electron chi connectivity index (χ1n) is 5.43. The normalized spacial score (nSPS) is 15.5. The molecule has 98 valence electrons. The van der Waals surface area contributed by atoms with Crippen LogP contribution in [0.3, 0.4) is 0 Å². The minimum atomic E-state index is -4.04. The van der Waals surface area contributed by atoms with Crippen molar-refractivity contribution in [3.05, 3.63) is 29.1 Å². The van der Waals surface area contributed by atoms with Crippen molar-refractivity contribution < 1.29 is 17.6 Å². The van der Waals surface area contributed by atoms with E-state index in [9.17, 15) is 17.6 Å². The van der Waals surface area contributed by atoms with Gasteiger partial charge < -0.3 is 5.32 Å². The minimum absolute atomic E-state index is 0.0333. The second-order valence-electron chi connectivity index (χ2n) is 4.37. The molecule has 0 heterocycles. The molecule has 0 spiro atoms. The lowest BCUT2D eigenvalue weighted by atomic mass is 10.1. The van der Waals surface area contributed by atoms with Gasteiger partial charge in [-0.05, 0) is 31.9 Å². The third-order valence-corrected chi connectivity index (χ3v) is 3.82. The first-order valence-corrected chi connectivity index (χ1v) is 6.97. The number of carbonyl (C=O) groups excluding carboxylic acids is 1. The molecule has 7 heteroatoms. The number of hydrogen-bond acceptors (Lipinski definition) is 3. The first kappa shape index (κ1) is 13.0. The van der Waals surface area contributed by atoms with Gasteiger partial charge in [-0.2, -0.15) is 0 Å². The van der Waals surface area contributed by atoms with Gasteiger partial charge in [-0.1, -0.05) is 0 Å². The lowest BCUT2D eigenvalue weighted by Gasteiger charge is -2.08. The molecule has 1 aromatic rings. The van der Waals surface area contributed by atoms with Gasteiger partial charge in [-0.3, -0.25) is 4.79 Å². The molecule has 0 saturated heterocycles. The molecule has 3 N–H and O–H groups in total. The van der Waals surface area contributed by atoms with Gasteiger partial charge in [0, 0.05) is 17.2 Å². The van der Waals surface area contributed by atoms with E-state index >= 15 is 0 Å². The highest BCUT2D eigenvalue weighted by Crippen LogP contribution is 2.22. The number of primary sulfonamides is 1. The van der Waals surface area contributed by atoms with E-state index in [1.165, 1.54) is 6.92 Å². The van der Waals surface area contributed by atoms with Crippen molar-refractivity contribution in [2.75, 3.05) is 0 Å². The van der Waals surface area contributed by atoms with Crippen molar-refractivity contribution in [2.45, 2.75) is 30.7 Å². The molecule has 2 rings (SSSR count). The van der Waals surface area contributed by atoms with E-state index in [0.29, 0.717) is 0 Å². The van der Waals surface area contributed by atoms with E-state index in [1.54, 1.807) is 0 Å². The number of rotatable bonds is 3. The fourth-order valence-electron chi connectivity index (χ4n) is 1.58. The lowest BCUT2D eigenvalue weighted by molar-refractivity contribution is 0.0950. The Bertz CT molecular complexity index is 609. The van der Waals surface area contributed by atoms with Gasteiger partial charge in [0.1, 0.15) is 5.82 Å². The monoisotopic (exact) mass is 272 g/mol. The summed E-state index contributed by atoms with van der Waals surface area (Å²) in [5, 5.41) is 7.64. The number of halogens is 1. The molecule has 0 aromatic heterocycles. The minimum Gasteiger partial charge on any atom is -0.349 e. The molecule has 1 fully saturated rings. The maximum absolute atomic E-state index is 13.6. The Labute approximate surface area is 104 Å². The van der Waals surface area contributed by atoms with E-state index in [-0.39, 0.29) is 22.1 Å². The average Bonchev–Trinajstić information content (AvgIpc) is 3.03. The number of nitrogens with two attached hydrogens (primary N) is 1. The zero-order valence-corrected chi connectivity index (χ0v) is 10.6. The molecule has 1 aliphatic rings. The zero-order valence-electron chi connectivity index (χ0n) is 9.73. The van der Waals surface area contributed by atoms with Crippen LogP contribution in [0.5, 0.6) is 0 Å². The number of hydrogen-bond donors (Lipinski definition) is 2. The molecule has 18 heavy (non-hydrogen) atoms. The van der Waals surface area contributed by atoms with Crippen molar-refractivity contribution in [1.29, 1.82) is 0 Å². The summed E-state index contributed by atoms with van der Waals surface area (Å²) < 4.78 is 36.2. The Balaban J connectivity index is 2.43. The van der Waals surface area contributed by atoms with Crippen molar-refractivity contribution in [3.63, 3.8) is 0 Å². The van der Waals surface area contributed by atoms with E-state index in [2.05, 4.69) is 5.32 Å². The van der Waals surface area contributed by atoms with Crippen LogP contribution in [0.2, 0.25) is 0 Å². The van der Waals surface area contributed by atoms with Gasteiger partial charge in [0.05, 0.1) is 4.90 Å². The van der Waals surface area contributed by atoms with Crippen molar-refractivity contribution in [1.82, 2.24) is 5.32 Å². The smallest absolute Gasteiger partial charge is 0.251 e. The summed E-state index contributed by atoms with van der Waals surface area (Å²) in [4.78, 5) is 11.4. The van der Waals surface area contributed by atoms with Gasteiger partial charge >= 0.3 is 0 Å². The molecule has 0 aliphatic heterocycles. The lowest BCUT2D eigenvalue weighted by Crippen LogP contribution is -2.26. The van der Waals surface area contributed by atoms with Crippen LogP contribution in [-0.4, -0.2) is 20.4 Å². The van der Waals surface area contributed by atoms with Gasteiger partial charge in [0.15, 0.2) is 0 Å². The number of nitrogens with one attached hydrogen (secondary N) is 1. The fourth-order valence-corrected chi connectivity index (χ4v) is 2.39. The maximum atomic E-state index is 13.6. The zero-order chi connectivity index (χ0) is 13.5. The molecule has 0 radical (unpaired) electrons. The summed E-state index contributed by atoms with van der Waals surface area (Å²) in [5.41, 5.74) is -0.116. The van der Waals surface area contributed by atoms with Crippen LogP contribution in [0, 0.1) is 12.7 Å². The predicted octanol–water partition coefficient (Wildman–Crippen LogP) is 0.674. The van der Waals surface area contributed by atoms with Gasteiger partial charge in [0.25, 0.3) is 5.91 Å². The SMILES string of the molecule is Cc1c(F)cc(C(=O)NC2CC2)cc1S(N)(=O)=O. The third kappa shape index (κ3) is 2.68. The summed E-state index contributed by atoms with van der Waals surface area (Å²) >= 11 is 0.